The maximum absolute atomic E-state index is 12.8. The van der Waals surface area contributed by atoms with Crippen LogP contribution in [0.15, 0.2) is 58.3 Å². The van der Waals surface area contributed by atoms with Gasteiger partial charge in [-0.3, -0.25) is 19.5 Å². The second-order valence-corrected chi connectivity index (χ2v) is 7.38. The number of halogens is 1. The van der Waals surface area contributed by atoms with E-state index in [0.717, 1.165) is 5.69 Å². The van der Waals surface area contributed by atoms with Gasteiger partial charge in [0.25, 0.3) is 11.2 Å². The highest BCUT2D eigenvalue weighted by Crippen LogP contribution is 2.19. The Morgan fingerprint density at radius 2 is 2.00 bits per heavy atom. The van der Waals surface area contributed by atoms with Gasteiger partial charge in [-0.1, -0.05) is 35.1 Å². The highest BCUT2D eigenvalue weighted by Gasteiger charge is 2.16. The summed E-state index contributed by atoms with van der Waals surface area (Å²) in [6.07, 6.45) is 1.66. The van der Waals surface area contributed by atoms with Gasteiger partial charge < -0.3 is 4.90 Å². The minimum atomic E-state index is -0.455. The molecule has 2 heterocycles. The fraction of sp³-hybridized carbons (Fsp3) is 0.111. The molecule has 0 saturated heterocycles. The monoisotopic (exact) mass is 400 g/mol. The Labute approximate surface area is 162 Å². The molecule has 136 valence electrons. The molecule has 0 N–H and O–H groups in total. The molecule has 0 amide bonds. The molecule has 3 aromatic rings. The minimum Gasteiger partial charge on any atom is -0.334 e. The lowest BCUT2D eigenvalue weighted by Gasteiger charge is -2.25. The van der Waals surface area contributed by atoms with Crippen molar-refractivity contribution in [2.24, 2.45) is 4.99 Å². The molecule has 0 radical (unpaired) electrons. The van der Waals surface area contributed by atoms with E-state index in [4.69, 9.17) is 11.6 Å². The molecule has 7 nitrogen and oxygen atoms in total. The Morgan fingerprint density at radius 3 is 2.74 bits per heavy atom. The zero-order chi connectivity index (χ0) is 19.0. The first-order valence-corrected chi connectivity index (χ1v) is 9.21. The van der Waals surface area contributed by atoms with Crippen molar-refractivity contribution in [3.05, 3.63) is 88.9 Å². The maximum atomic E-state index is 12.8. The molecule has 2 aromatic carbocycles. The zero-order valence-electron chi connectivity index (χ0n) is 13.9. The average molecular weight is 401 g/mol. The third kappa shape index (κ3) is 3.49. The SMILES string of the molecule is O=c1c(=Cc2cccc([N+](=O)[O-])c2)sc2n1CN(c1ccc(Cl)cc1)CN=2. The number of aromatic nitrogens is 1. The van der Waals surface area contributed by atoms with Crippen LogP contribution in [-0.4, -0.2) is 16.2 Å². The number of thiazole rings is 1. The van der Waals surface area contributed by atoms with Crippen molar-refractivity contribution < 1.29 is 4.92 Å². The van der Waals surface area contributed by atoms with Crippen molar-refractivity contribution in [3.63, 3.8) is 0 Å². The van der Waals surface area contributed by atoms with Gasteiger partial charge in [-0.15, -0.1) is 0 Å². The standard InChI is InChI=1S/C18H13ClN4O3S/c19-13-4-6-14(7-5-13)21-10-20-18-22(11-21)17(24)16(27-18)9-12-2-1-3-15(8-12)23(25)26/h1-9H,10-11H2. The van der Waals surface area contributed by atoms with Crippen molar-refractivity contribution in [1.82, 2.24) is 4.57 Å². The summed E-state index contributed by atoms with van der Waals surface area (Å²) in [5, 5.41) is 11.6. The third-order valence-corrected chi connectivity index (χ3v) is 5.44. The van der Waals surface area contributed by atoms with Crippen molar-refractivity contribution in [2.45, 2.75) is 6.67 Å². The number of fused-ring (bicyclic) bond motifs is 1. The van der Waals surface area contributed by atoms with Crippen LogP contribution in [0, 0.1) is 10.1 Å². The molecule has 0 fully saturated rings. The number of hydrogen-bond acceptors (Lipinski definition) is 6. The van der Waals surface area contributed by atoms with E-state index in [1.54, 1.807) is 34.9 Å². The highest BCUT2D eigenvalue weighted by atomic mass is 35.5. The molecule has 0 spiro atoms. The van der Waals surface area contributed by atoms with Gasteiger partial charge in [0, 0.05) is 22.8 Å². The van der Waals surface area contributed by atoms with Gasteiger partial charge in [0.2, 0.25) is 0 Å². The second kappa shape index (κ2) is 6.98. The topological polar surface area (TPSA) is 80.7 Å². The third-order valence-electron chi connectivity index (χ3n) is 4.15. The van der Waals surface area contributed by atoms with Gasteiger partial charge in [0.15, 0.2) is 4.80 Å². The number of hydrogen-bond donors (Lipinski definition) is 0. The van der Waals surface area contributed by atoms with Crippen LogP contribution in [-0.2, 0) is 6.67 Å². The Hall–Kier alpha value is -2.97. The van der Waals surface area contributed by atoms with E-state index in [0.29, 0.717) is 33.3 Å². The van der Waals surface area contributed by atoms with Crippen LogP contribution in [0.3, 0.4) is 0 Å². The van der Waals surface area contributed by atoms with Crippen molar-refractivity contribution >= 4 is 40.4 Å². The predicted octanol–water partition coefficient (Wildman–Crippen LogP) is 2.36. The van der Waals surface area contributed by atoms with Crippen molar-refractivity contribution in [2.75, 3.05) is 11.6 Å². The average Bonchev–Trinajstić information content (AvgIpc) is 2.98. The second-order valence-electron chi connectivity index (χ2n) is 5.94. The number of nitro groups is 1. The number of nitro benzene ring substituents is 1. The molecule has 0 aliphatic carbocycles. The molecular formula is C18H13ClN4O3S. The quantitative estimate of drug-likeness (QED) is 0.499. The van der Waals surface area contributed by atoms with Crippen LogP contribution >= 0.6 is 22.9 Å². The van der Waals surface area contributed by atoms with E-state index in [2.05, 4.69) is 4.99 Å². The molecule has 0 atom stereocenters. The summed E-state index contributed by atoms with van der Waals surface area (Å²) < 4.78 is 2.10. The molecule has 9 heteroatoms. The first-order valence-electron chi connectivity index (χ1n) is 8.02. The lowest BCUT2D eigenvalue weighted by Crippen LogP contribution is -2.42. The molecule has 0 saturated carbocycles. The summed E-state index contributed by atoms with van der Waals surface area (Å²) >= 11 is 7.21. The lowest BCUT2D eigenvalue weighted by atomic mass is 10.2. The zero-order valence-corrected chi connectivity index (χ0v) is 15.5. The Balaban J connectivity index is 1.70. The summed E-state index contributed by atoms with van der Waals surface area (Å²) in [6.45, 7) is 0.830. The molecule has 1 aliphatic heterocycles. The number of non-ortho nitro benzene ring substituents is 1. The smallest absolute Gasteiger partial charge is 0.271 e. The van der Waals surface area contributed by atoms with E-state index in [9.17, 15) is 14.9 Å². The van der Waals surface area contributed by atoms with Crippen LogP contribution in [0.1, 0.15) is 5.56 Å². The number of benzene rings is 2. The van der Waals surface area contributed by atoms with Gasteiger partial charge in [0.05, 0.1) is 9.46 Å². The molecule has 4 rings (SSSR count). The van der Waals surface area contributed by atoms with Crippen molar-refractivity contribution in [1.29, 1.82) is 0 Å². The molecule has 1 aromatic heterocycles. The van der Waals surface area contributed by atoms with Gasteiger partial charge in [0.1, 0.15) is 13.3 Å². The molecule has 1 aliphatic rings. The summed E-state index contributed by atoms with van der Waals surface area (Å²) in [7, 11) is 0. The van der Waals surface area contributed by atoms with Gasteiger partial charge in [-0.25, -0.2) is 4.99 Å². The number of nitrogens with zero attached hydrogens (tertiary/aromatic N) is 4. The number of rotatable bonds is 3. The molecule has 0 bridgehead atoms. The Bertz CT molecular complexity index is 1200. The highest BCUT2D eigenvalue weighted by molar-refractivity contribution is 7.07. The van der Waals surface area contributed by atoms with Crippen LogP contribution < -0.4 is 19.8 Å². The summed E-state index contributed by atoms with van der Waals surface area (Å²) in [4.78, 5) is 30.3. The Kier molecular flexibility index (Phi) is 4.51. The summed E-state index contributed by atoms with van der Waals surface area (Å²) in [5.41, 5.74) is 1.36. The Morgan fingerprint density at radius 1 is 1.22 bits per heavy atom. The van der Waals surface area contributed by atoms with Crippen LogP contribution in [0.2, 0.25) is 5.02 Å². The first kappa shape index (κ1) is 17.4. The fourth-order valence-corrected chi connectivity index (χ4v) is 3.89. The van der Waals surface area contributed by atoms with E-state index in [1.807, 2.05) is 17.0 Å². The minimum absolute atomic E-state index is 0.0104. The fourth-order valence-electron chi connectivity index (χ4n) is 2.81. The van der Waals surface area contributed by atoms with Gasteiger partial charge >= 0.3 is 0 Å². The predicted molar refractivity (Wildman–Crippen MR) is 105 cm³/mol. The first-order chi connectivity index (χ1) is 13.0. The molecule has 27 heavy (non-hydrogen) atoms. The lowest BCUT2D eigenvalue weighted by molar-refractivity contribution is -0.384. The summed E-state index contributed by atoms with van der Waals surface area (Å²) in [5.74, 6) is 0. The van der Waals surface area contributed by atoms with E-state index in [-0.39, 0.29) is 11.2 Å². The van der Waals surface area contributed by atoms with Crippen LogP contribution in [0.25, 0.3) is 6.08 Å². The molecule has 0 unspecified atom stereocenters. The van der Waals surface area contributed by atoms with Crippen molar-refractivity contribution in [3.8, 4) is 0 Å². The van der Waals surface area contributed by atoms with Gasteiger partial charge in [-0.2, -0.15) is 0 Å². The summed E-state index contributed by atoms with van der Waals surface area (Å²) in [6, 6.07) is 13.6. The van der Waals surface area contributed by atoms with Gasteiger partial charge in [-0.05, 0) is 35.9 Å². The number of anilines is 1. The van der Waals surface area contributed by atoms with Crippen LogP contribution in [0.4, 0.5) is 11.4 Å². The van der Waals surface area contributed by atoms with E-state index < -0.39 is 4.92 Å². The molecular weight excluding hydrogens is 388 g/mol. The van der Waals surface area contributed by atoms with Crippen LogP contribution in [0.5, 0.6) is 0 Å². The largest absolute Gasteiger partial charge is 0.334 e. The van der Waals surface area contributed by atoms with E-state index >= 15 is 0 Å². The maximum Gasteiger partial charge on any atom is 0.271 e. The normalized spacial score (nSPS) is 14.0. The van der Waals surface area contributed by atoms with E-state index in [1.165, 1.54) is 23.5 Å².